The van der Waals surface area contributed by atoms with E-state index in [2.05, 4.69) is 10.3 Å². The van der Waals surface area contributed by atoms with E-state index in [4.69, 9.17) is 4.74 Å². The summed E-state index contributed by atoms with van der Waals surface area (Å²) < 4.78 is 91.6. The van der Waals surface area contributed by atoms with Crippen LogP contribution >= 0.6 is 0 Å². The van der Waals surface area contributed by atoms with Gasteiger partial charge in [-0.05, 0) is 68.5 Å². The molecule has 0 saturated carbocycles. The van der Waals surface area contributed by atoms with Gasteiger partial charge in [-0.2, -0.15) is 13.2 Å². The number of anilines is 1. The quantitative estimate of drug-likeness (QED) is 0.320. The lowest BCUT2D eigenvalue weighted by atomic mass is 9.91. The van der Waals surface area contributed by atoms with Crippen LogP contribution in [0.5, 0.6) is 5.75 Å². The van der Waals surface area contributed by atoms with Crippen LogP contribution in [-0.4, -0.2) is 63.9 Å². The molecule has 2 aliphatic heterocycles. The van der Waals surface area contributed by atoms with Gasteiger partial charge in [0.15, 0.2) is 0 Å². The molecule has 0 spiro atoms. The lowest BCUT2D eigenvalue weighted by Gasteiger charge is -2.41. The fourth-order valence-corrected chi connectivity index (χ4v) is 6.30. The Kier molecular flexibility index (Phi) is 9.28. The molecule has 3 aromatic rings. The third-order valence-corrected chi connectivity index (χ3v) is 9.07. The normalized spacial score (nSPS) is 18.1. The predicted molar refractivity (Wildman–Crippen MR) is 163 cm³/mol. The van der Waals surface area contributed by atoms with Gasteiger partial charge in [0, 0.05) is 49.8 Å². The van der Waals surface area contributed by atoms with Gasteiger partial charge in [-0.1, -0.05) is 6.07 Å². The fraction of sp³-hybridized carbons (Fsp3) is 0.455. The molecule has 258 valence electrons. The topological polar surface area (TPSA) is 114 Å². The highest BCUT2D eigenvalue weighted by atomic mass is 19.4. The van der Waals surface area contributed by atoms with Gasteiger partial charge in [-0.25, -0.2) is 22.9 Å². The molecule has 3 heterocycles. The molecule has 5 rings (SSSR count). The minimum Gasteiger partial charge on any atom is -0.493 e. The van der Waals surface area contributed by atoms with Crippen molar-refractivity contribution in [3.05, 3.63) is 74.1 Å². The second-order valence-electron chi connectivity index (χ2n) is 12.3. The Morgan fingerprint density at radius 3 is 2.54 bits per heavy atom. The van der Waals surface area contributed by atoms with Gasteiger partial charge in [0.1, 0.15) is 29.3 Å². The number of piperidine rings is 1. The Labute approximate surface area is 271 Å². The maximum atomic E-state index is 15.4. The molecule has 9 nitrogen and oxygen atoms in total. The molecule has 2 atom stereocenters. The number of benzene rings is 2. The second kappa shape index (κ2) is 12.8. The van der Waals surface area contributed by atoms with Crippen molar-refractivity contribution in [1.82, 2.24) is 14.9 Å². The average Bonchev–Trinajstić information content (AvgIpc) is 3.00. The van der Waals surface area contributed by atoms with E-state index < -0.39 is 66.8 Å². The van der Waals surface area contributed by atoms with Crippen molar-refractivity contribution in [2.75, 3.05) is 18.1 Å². The van der Waals surface area contributed by atoms with Crippen LogP contribution in [0.4, 0.5) is 32.0 Å². The Morgan fingerprint density at radius 1 is 1.19 bits per heavy atom. The van der Waals surface area contributed by atoms with Crippen LogP contribution in [0.2, 0.25) is 0 Å². The summed E-state index contributed by atoms with van der Waals surface area (Å²) in [6.07, 6.45) is -6.53. The van der Waals surface area contributed by atoms with Crippen molar-refractivity contribution >= 4 is 17.6 Å². The van der Waals surface area contributed by atoms with E-state index in [0.717, 1.165) is 6.07 Å². The van der Waals surface area contributed by atoms with Gasteiger partial charge in [-0.15, -0.1) is 0 Å². The van der Waals surface area contributed by atoms with E-state index >= 15 is 4.39 Å². The largest absolute Gasteiger partial charge is 0.493 e. The van der Waals surface area contributed by atoms with Gasteiger partial charge in [-0.3, -0.25) is 9.59 Å². The summed E-state index contributed by atoms with van der Waals surface area (Å²) >= 11 is 0. The number of aromatic nitrogens is 2. The highest BCUT2D eigenvalue weighted by Crippen LogP contribution is 2.42. The Hall–Kier alpha value is -4.56. The number of rotatable bonds is 7. The molecule has 0 bridgehead atoms. The third-order valence-electron chi connectivity index (χ3n) is 9.07. The molecule has 1 aromatic heterocycles. The number of nitrogens with one attached hydrogen (secondary N) is 1. The minimum atomic E-state index is -5.02. The van der Waals surface area contributed by atoms with Crippen molar-refractivity contribution in [3.8, 4) is 17.0 Å². The first-order valence-corrected chi connectivity index (χ1v) is 15.3. The SMILES string of the molecule is Cc1cc(N2CCC(F)(F)C[C@H]2C(F)(F)F)cc(F)c1C(=O)N[C@@H](Cc1ccc(-c2nc(C)c(C)n(C)c2=O)c2c1CCCO2)C(=O)O. The van der Waals surface area contributed by atoms with Crippen molar-refractivity contribution in [3.63, 3.8) is 0 Å². The molecule has 1 fully saturated rings. The molecule has 1 saturated heterocycles. The minimum absolute atomic E-state index is 0.109. The molecule has 2 aromatic carbocycles. The number of carbonyl (C=O) groups excluding carboxylic acids is 1. The number of carbonyl (C=O) groups is 2. The van der Waals surface area contributed by atoms with E-state index in [1.807, 2.05) is 0 Å². The number of ether oxygens (including phenoxy) is 1. The highest BCUT2D eigenvalue weighted by Gasteiger charge is 2.52. The standard InChI is InChI=1S/C33H34F6N4O5/c1-16-12-20(43-10-9-32(35,36)15-25(43)33(37,38)39)14-23(34)26(16)29(44)41-24(31(46)47)13-19-7-8-22(28-21(19)6-5-11-48-28)27-30(45)42(4)18(3)17(2)40-27/h7-8,12,14,24-25H,5-6,9-11,13,15H2,1-4H3,(H,41,44)(H,46,47)/t24-,25-/m0/s1. The lowest BCUT2D eigenvalue weighted by molar-refractivity contribution is -0.175. The number of fused-ring (bicyclic) bond motifs is 1. The predicted octanol–water partition coefficient (Wildman–Crippen LogP) is 5.43. The van der Waals surface area contributed by atoms with Gasteiger partial charge in [0.05, 0.1) is 17.9 Å². The molecular weight excluding hydrogens is 646 g/mol. The van der Waals surface area contributed by atoms with E-state index in [-0.39, 0.29) is 28.9 Å². The zero-order chi connectivity index (χ0) is 35.3. The van der Waals surface area contributed by atoms with E-state index in [1.165, 1.54) is 11.5 Å². The summed E-state index contributed by atoms with van der Waals surface area (Å²) in [7, 11) is 1.63. The highest BCUT2D eigenvalue weighted by molar-refractivity contribution is 5.98. The molecule has 2 N–H and O–H groups in total. The summed E-state index contributed by atoms with van der Waals surface area (Å²) in [5.74, 6) is -6.95. The third kappa shape index (κ3) is 6.72. The van der Waals surface area contributed by atoms with Crippen LogP contribution in [0, 0.1) is 26.6 Å². The molecule has 0 unspecified atom stereocenters. The van der Waals surface area contributed by atoms with Gasteiger partial charge < -0.3 is 24.6 Å². The molecule has 0 aliphatic carbocycles. The zero-order valence-corrected chi connectivity index (χ0v) is 26.6. The van der Waals surface area contributed by atoms with Crippen molar-refractivity contribution in [2.24, 2.45) is 7.05 Å². The van der Waals surface area contributed by atoms with Crippen molar-refractivity contribution in [1.29, 1.82) is 0 Å². The molecule has 15 heteroatoms. The first-order valence-electron chi connectivity index (χ1n) is 15.3. The average molecular weight is 681 g/mol. The second-order valence-corrected chi connectivity index (χ2v) is 12.3. The number of hydrogen-bond acceptors (Lipinski definition) is 6. The van der Waals surface area contributed by atoms with E-state index in [1.54, 1.807) is 33.0 Å². The number of alkyl halides is 5. The Bertz CT molecular complexity index is 1820. The number of halogens is 6. The van der Waals surface area contributed by atoms with Crippen LogP contribution in [0.1, 0.15) is 57.7 Å². The summed E-state index contributed by atoms with van der Waals surface area (Å²) in [5, 5.41) is 12.3. The van der Waals surface area contributed by atoms with E-state index in [9.17, 15) is 41.4 Å². The smallest absolute Gasteiger partial charge is 0.408 e. The van der Waals surface area contributed by atoms with E-state index in [0.29, 0.717) is 64.2 Å². The number of nitrogens with zero attached hydrogens (tertiary/aromatic N) is 3. The van der Waals surface area contributed by atoms with Crippen LogP contribution < -0.4 is 20.5 Å². The Balaban J connectivity index is 1.42. The molecular formula is C33H34F6N4O5. The summed E-state index contributed by atoms with van der Waals surface area (Å²) in [6, 6.07) is 0.864. The Morgan fingerprint density at radius 2 is 1.90 bits per heavy atom. The number of aliphatic carboxylic acids is 1. The first-order chi connectivity index (χ1) is 22.4. The van der Waals surface area contributed by atoms with Crippen LogP contribution in [0.15, 0.2) is 29.1 Å². The maximum Gasteiger partial charge on any atom is 0.408 e. The summed E-state index contributed by atoms with van der Waals surface area (Å²) in [6.45, 7) is 4.46. The van der Waals surface area contributed by atoms with Gasteiger partial charge in [0.2, 0.25) is 0 Å². The number of carboxylic acids is 1. The van der Waals surface area contributed by atoms with Crippen molar-refractivity contribution in [2.45, 2.75) is 77.1 Å². The zero-order valence-electron chi connectivity index (χ0n) is 26.6. The first kappa shape index (κ1) is 34.8. The lowest BCUT2D eigenvalue weighted by Crippen LogP contribution is -2.54. The van der Waals surface area contributed by atoms with Gasteiger partial charge in [0.25, 0.3) is 17.4 Å². The number of aryl methyl sites for hydroxylation is 2. The molecule has 48 heavy (non-hydrogen) atoms. The molecule has 0 radical (unpaired) electrons. The monoisotopic (exact) mass is 680 g/mol. The number of amides is 1. The number of hydrogen-bond donors (Lipinski definition) is 2. The molecule has 1 amide bonds. The van der Waals surface area contributed by atoms with Crippen molar-refractivity contribution < 1.29 is 45.8 Å². The summed E-state index contributed by atoms with van der Waals surface area (Å²) in [4.78, 5) is 43.8. The molecule has 2 aliphatic rings. The van der Waals surface area contributed by atoms with Crippen LogP contribution in [-0.2, 0) is 24.7 Å². The fourth-order valence-electron chi connectivity index (χ4n) is 6.30. The van der Waals surface area contributed by atoms with Crippen LogP contribution in [0.25, 0.3) is 11.3 Å². The summed E-state index contributed by atoms with van der Waals surface area (Å²) in [5.41, 5.74) is 1.73. The number of carboxylic acid groups (broad SMARTS) is 1. The maximum absolute atomic E-state index is 15.4. The van der Waals surface area contributed by atoms with Crippen LogP contribution in [0.3, 0.4) is 0 Å². The van der Waals surface area contributed by atoms with Gasteiger partial charge >= 0.3 is 12.1 Å².